The van der Waals surface area contributed by atoms with Gasteiger partial charge in [-0.3, -0.25) is 0 Å². The first kappa shape index (κ1) is 11.2. The van der Waals surface area contributed by atoms with E-state index in [0.29, 0.717) is 5.92 Å². The van der Waals surface area contributed by atoms with E-state index in [4.69, 9.17) is 0 Å². The Kier molecular flexibility index (Phi) is 6.44. The molecular formula is C10H18NO-. The van der Waals surface area contributed by atoms with Crippen LogP contribution in [0.15, 0.2) is 16.8 Å². The summed E-state index contributed by atoms with van der Waals surface area (Å²) < 4.78 is 0. The molecule has 0 rings (SSSR count). The van der Waals surface area contributed by atoms with Crippen LogP contribution in [0.2, 0.25) is 0 Å². The van der Waals surface area contributed by atoms with Crippen LogP contribution in [0, 0.1) is 11.1 Å². The van der Waals surface area contributed by atoms with Gasteiger partial charge in [0.15, 0.2) is 0 Å². The monoisotopic (exact) mass is 168 g/mol. The molecule has 1 atom stereocenters. The van der Waals surface area contributed by atoms with Gasteiger partial charge in [0.25, 0.3) is 0 Å². The summed E-state index contributed by atoms with van der Waals surface area (Å²) in [5, 5.41) is 12.5. The molecule has 0 aliphatic carbocycles. The Morgan fingerprint density at radius 3 is 2.67 bits per heavy atom. The topological polar surface area (TPSA) is 35.4 Å². The molecule has 0 saturated heterocycles. The van der Waals surface area contributed by atoms with E-state index >= 15 is 0 Å². The molecule has 1 unspecified atom stereocenters. The van der Waals surface area contributed by atoms with Gasteiger partial charge in [-0.15, -0.1) is 0 Å². The molecule has 0 bridgehead atoms. The number of nitrogens with zero attached hydrogens (tertiary/aromatic N) is 1. The summed E-state index contributed by atoms with van der Waals surface area (Å²) in [7, 11) is 0. The highest BCUT2D eigenvalue weighted by molar-refractivity contribution is 5.57. The Labute approximate surface area is 75.0 Å². The fraction of sp³-hybridized carbons (Fsp3) is 0.700. The van der Waals surface area contributed by atoms with E-state index in [2.05, 4.69) is 32.0 Å². The molecule has 0 amide bonds. The summed E-state index contributed by atoms with van der Waals surface area (Å²) >= 11 is 0. The molecule has 12 heavy (non-hydrogen) atoms. The van der Waals surface area contributed by atoms with Crippen molar-refractivity contribution in [3.63, 3.8) is 0 Å². The third kappa shape index (κ3) is 7.32. The molecule has 0 saturated carbocycles. The van der Waals surface area contributed by atoms with Crippen LogP contribution in [0.4, 0.5) is 0 Å². The van der Waals surface area contributed by atoms with Crippen LogP contribution < -0.4 is 0 Å². The molecule has 70 valence electrons. The average Bonchev–Trinajstić information content (AvgIpc) is 2.00. The van der Waals surface area contributed by atoms with E-state index in [0.717, 1.165) is 19.3 Å². The third-order valence-electron chi connectivity index (χ3n) is 1.79. The molecule has 0 fully saturated rings. The van der Waals surface area contributed by atoms with Gasteiger partial charge in [-0.25, -0.2) is 0 Å². The Balaban J connectivity index is 3.43. The highest BCUT2D eigenvalue weighted by Gasteiger charge is 1.97. The summed E-state index contributed by atoms with van der Waals surface area (Å²) in [6.45, 7) is 6.34. The summed E-state index contributed by atoms with van der Waals surface area (Å²) in [6.07, 6.45) is 6.73. The van der Waals surface area contributed by atoms with Gasteiger partial charge in [0.1, 0.15) is 0 Å². The lowest BCUT2D eigenvalue weighted by atomic mass is 10.0. The average molecular weight is 168 g/mol. The molecule has 0 aromatic rings. The van der Waals surface area contributed by atoms with Crippen LogP contribution in [0.5, 0.6) is 0 Å². The van der Waals surface area contributed by atoms with E-state index < -0.39 is 0 Å². The van der Waals surface area contributed by atoms with E-state index in [-0.39, 0.29) is 0 Å². The molecule has 0 aliphatic rings. The van der Waals surface area contributed by atoms with Crippen molar-refractivity contribution < 1.29 is 0 Å². The summed E-state index contributed by atoms with van der Waals surface area (Å²) in [5.41, 5.74) is 1.36. The molecule has 0 aromatic carbocycles. The fourth-order valence-corrected chi connectivity index (χ4v) is 0.997. The Hall–Kier alpha value is -0.790. The molecule has 2 nitrogen and oxygen atoms in total. The van der Waals surface area contributed by atoms with Crippen LogP contribution in [0.3, 0.4) is 0 Å². The molecule has 0 aliphatic heterocycles. The van der Waals surface area contributed by atoms with E-state index in [1.165, 1.54) is 11.8 Å². The van der Waals surface area contributed by atoms with Gasteiger partial charge in [-0.2, -0.15) is 0 Å². The quantitative estimate of drug-likeness (QED) is 0.352. The van der Waals surface area contributed by atoms with E-state index in [1.54, 1.807) is 0 Å². The van der Waals surface area contributed by atoms with Gasteiger partial charge in [0.2, 0.25) is 0 Å². The van der Waals surface area contributed by atoms with E-state index in [1.807, 2.05) is 0 Å². The lowest BCUT2D eigenvalue weighted by Crippen LogP contribution is -1.94. The predicted octanol–water partition coefficient (Wildman–Crippen LogP) is 3.33. The normalized spacial score (nSPS) is 13.2. The second-order valence-electron chi connectivity index (χ2n) is 3.49. The smallest absolute Gasteiger partial charge is 0.00657 e. The highest BCUT2D eigenvalue weighted by atomic mass is 16.4. The van der Waals surface area contributed by atoms with E-state index in [9.17, 15) is 5.21 Å². The standard InChI is InChI=1S/C10H19NO/c1-9(2)5-4-6-10(3)7-8-11-12/h5,8,10,12H,4,6-7H2,1-3H3/p-1/b11-8-. The molecule has 0 heterocycles. The lowest BCUT2D eigenvalue weighted by molar-refractivity contribution is 0.563. The SMILES string of the molecule is CC(C)=CCCC(C)C/C=N\[O-]. The van der Waals surface area contributed by atoms with Gasteiger partial charge in [0.05, 0.1) is 0 Å². The second kappa shape index (κ2) is 6.89. The lowest BCUT2D eigenvalue weighted by Gasteiger charge is -2.06. The number of hydrogen-bond acceptors (Lipinski definition) is 2. The van der Waals surface area contributed by atoms with Crippen LogP contribution in [-0.4, -0.2) is 6.21 Å². The minimum atomic E-state index is 0.568. The van der Waals surface area contributed by atoms with Crippen molar-refractivity contribution >= 4 is 6.21 Å². The maximum Gasteiger partial charge on any atom is -0.00657 e. The first-order chi connectivity index (χ1) is 5.66. The van der Waals surface area contributed by atoms with Crippen LogP contribution in [0.1, 0.15) is 40.0 Å². The van der Waals surface area contributed by atoms with Crippen molar-refractivity contribution in [1.82, 2.24) is 0 Å². The Morgan fingerprint density at radius 1 is 1.50 bits per heavy atom. The zero-order valence-corrected chi connectivity index (χ0v) is 8.21. The summed E-state index contributed by atoms with van der Waals surface area (Å²) in [6, 6.07) is 0. The van der Waals surface area contributed by atoms with Gasteiger partial charge in [-0.05, 0) is 45.2 Å². The molecule has 0 spiro atoms. The first-order valence-corrected chi connectivity index (χ1v) is 4.44. The summed E-state index contributed by atoms with van der Waals surface area (Å²) in [4.78, 5) is 0. The third-order valence-corrected chi connectivity index (χ3v) is 1.79. The second-order valence-corrected chi connectivity index (χ2v) is 3.49. The molecule has 0 N–H and O–H groups in total. The van der Waals surface area contributed by atoms with Crippen molar-refractivity contribution in [2.45, 2.75) is 40.0 Å². The molecule has 0 aromatic heterocycles. The molecular weight excluding hydrogens is 150 g/mol. The van der Waals surface area contributed by atoms with Crippen molar-refractivity contribution in [3.05, 3.63) is 16.9 Å². The van der Waals surface area contributed by atoms with Crippen LogP contribution >= 0.6 is 0 Å². The van der Waals surface area contributed by atoms with Crippen molar-refractivity contribution in [1.29, 1.82) is 0 Å². The fourth-order valence-electron chi connectivity index (χ4n) is 0.997. The van der Waals surface area contributed by atoms with Crippen LogP contribution in [0.25, 0.3) is 0 Å². The highest BCUT2D eigenvalue weighted by Crippen LogP contribution is 2.10. The largest absolute Gasteiger partial charge is 0.792 e. The minimum absolute atomic E-state index is 0.568. The minimum Gasteiger partial charge on any atom is -0.792 e. The Bertz CT molecular complexity index is 157. The summed E-state index contributed by atoms with van der Waals surface area (Å²) in [5.74, 6) is 0.568. The maximum atomic E-state index is 9.77. The number of hydrogen-bond donors (Lipinski definition) is 0. The predicted molar refractivity (Wildman–Crippen MR) is 54.3 cm³/mol. The van der Waals surface area contributed by atoms with Gasteiger partial charge in [0, 0.05) is 0 Å². The molecule has 0 radical (unpaired) electrons. The van der Waals surface area contributed by atoms with Crippen molar-refractivity contribution in [2.24, 2.45) is 11.1 Å². The zero-order chi connectivity index (χ0) is 9.40. The Morgan fingerprint density at radius 2 is 2.17 bits per heavy atom. The number of allylic oxidation sites excluding steroid dienone is 2. The number of rotatable bonds is 5. The maximum absolute atomic E-state index is 9.77. The first-order valence-electron chi connectivity index (χ1n) is 4.44. The van der Waals surface area contributed by atoms with Crippen molar-refractivity contribution in [2.75, 3.05) is 0 Å². The van der Waals surface area contributed by atoms with Crippen molar-refractivity contribution in [3.8, 4) is 0 Å². The van der Waals surface area contributed by atoms with Gasteiger partial charge < -0.3 is 10.4 Å². The van der Waals surface area contributed by atoms with Crippen LogP contribution in [-0.2, 0) is 0 Å². The molecule has 2 heteroatoms. The van der Waals surface area contributed by atoms with Gasteiger partial charge in [-0.1, -0.05) is 18.6 Å². The van der Waals surface area contributed by atoms with Gasteiger partial charge >= 0.3 is 0 Å². The zero-order valence-electron chi connectivity index (χ0n) is 8.21.